The summed E-state index contributed by atoms with van der Waals surface area (Å²) >= 11 is 3.39. The average Bonchev–Trinajstić information content (AvgIpc) is 2.73. The van der Waals surface area contributed by atoms with Crippen molar-refractivity contribution in [3.05, 3.63) is 35.7 Å². The Morgan fingerprint density at radius 3 is 2.19 bits per heavy atom. The van der Waals surface area contributed by atoms with Gasteiger partial charge in [-0.1, -0.05) is 28.1 Å². The fourth-order valence-corrected chi connectivity index (χ4v) is 4.08. The van der Waals surface area contributed by atoms with Gasteiger partial charge in [0.2, 0.25) is 0 Å². The van der Waals surface area contributed by atoms with Crippen LogP contribution in [0.2, 0.25) is 0 Å². The second-order valence-corrected chi connectivity index (χ2v) is 6.65. The van der Waals surface area contributed by atoms with Crippen molar-refractivity contribution in [3.63, 3.8) is 0 Å². The number of alkyl halides is 1. The van der Waals surface area contributed by atoms with Crippen molar-refractivity contribution in [1.82, 2.24) is 4.57 Å². The predicted molar refractivity (Wildman–Crippen MR) is 81.7 cm³/mol. The molecule has 0 bridgehead atoms. The third-order valence-corrected chi connectivity index (χ3v) is 6.05. The molecule has 1 aromatic heterocycles. The van der Waals surface area contributed by atoms with E-state index in [-0.39, 0.29) is 6.42 Å². The maximum absolute atomic E-state index is 12.1. The molecule has 21 heavy (non-hydrogen) atoms. The monoisotopic (exact) mass is 355 g/mol. The number of nitrogens with zero attached hydrogens (tertiary/aromatic N) is 1. The van der Waals surface area contributed by atoms with Gasteiger partial charge in [-0.2, -0.15) is 0 Å². The van der Waals surface area contributed by atoms with Gasteiger partial charge in [0.25, 0.3) is 0 Å². The van der Waals surface area contributed by atoms with Gasteiger partial charge in [0, 0.05) is 17.8 Å². The molecule has 1 aliphatic carbocycles. The van der Waals surface area contributed by atoms with E-state index in [4.69, 9.17) is 0 Å². The molecule has 5 nitrogen and oxygen atoms in total. The molecule has 1 heterocycles. The summed E-state index contributed by atoms with van der Waals surface area (Å²) in [7, 11) is 0. The third kappa shape index (κ3) is 2.04. The molecule has 0 saturated carbocycles. The second kappa shape index (κ2) is 5.02. The number of carbonyl (C=O) groups is 2. The highest BCUT2D eigenvalue weighted by Gasteiger charge is 2.58. The maximum atomic E-state index is 12.1. The number of hydrogen-bond acceptors (Lipinski definition) is 2. The quantitative estimate of drug-likeness (QED) is 0.645. The summed E-state index contributed by atoms with van der Waals surface area (Å²) in [5, 5.41) is 19.5. The minimum absolute atomic E-state index is 0.234. The van der Waals surface area contributed by atoms with Gasteiger partial charge in [0.05, 0.1) is 10.2 Å². The lowest BCUT2D eigenvalue weighted by Gasteiger charge is -2.45. The van der Waals surface area contributed by atoms with Crippen molar-refractivity contribution >= 4 is 27.9 Å². The van der Waals surface area contributed by atoms with Crippen LogP contribution in [0, 0.1) is 19.3 Å². The molecule has 0 amide bonds. The van der Waals surface area contributed by atoms with Crippen LogP contribution in [0.1, 0.15) is 24.7 Å². The number of aromatic nitrogens is 1. The molecule has 0 aromatic carbocycles. The molecular formula is C15H18BrNO4. The summed E-state index contributed by atoms with van der Waals surface area (Å²) in [6, 6.07) is 3.69. The Morgan fingerprint density at radius 1 is 1.24 bits per heavy atom. The molecule has 0 aliphatic heterocycles. The first kappa shape index (κ1) is 15.8. The van der Waals surface area contributed by atoms with E-state index in [1.54, 1.807) is 16.7 Å². The maximum Gasteiger partial charge on any atom is 0.331 e. The van der Waals surface area contributed by atoms with Gasteiger partial charge in [-0.15, -0.1) is 0 Å². The number of aliphatic carboxylic acids is 2. The second-order valence-electron chi connectivity index (χ2n) is 5.74. The standard InChI is InChI=1S/C15H18BrNO4/c1-9-5-6-10(2)17(9)15(13(20)21)8-4-7-14(3,11(15)16)12(18)19/h4-7,11H,8H2,1-3H3,(H,18,19)(H,20,21). The van der Waals surface area contributed by atoms with Gasteiger partial charge in [0.1, 0.15) is 0 Å². The molecule has 0 spiro atoms. The number of rotatable bonds is 3. The third-order valence-electron chi connectivity index (χ3n) is 4.34. The summed E-state index contributed by atoms with van der Waals surface area (Å²) < 4.78 is 1.72. The normalized spacial score (nSPS) is 32.1. The zero-order chi connectivity index (χ0) is 16.0. The number of aryl methyl sites for hydroxylation is 2. The topological polar surface area (TPSA) is 79.5 Å². The fourth-order valence-electron chi connectivity index (χ4n) is 3.14. The SMILES string of the molecule is Cc1ccc(C)n1C1(C(=O)O)CC=CC(C)(C(=O)O)C1Br. The molecule has 1 aromatic rings. The van der Waals surface area contributed by atoms with Crippen LogP contribution in [-0.2, 0) is 15.1 Å². The first-order chi connectivity index (χ1) is 9.68. The Morgan fingerprint density at radius 2 is 1.76 bits per heavy atom. The van der Waals surface area contributed by atoms with Crippen LogP contribution in [0.4, 0.5) is 0 Å². The van der Waals surface area contributed by atoms with Crippen LogP contribution in [0.5, 0.6) is 0 Å². The first-order valence-electron chi connectivity index (χ1n) is 6.62. The first-order valence-corrected chi connectivity index (χ1v) is 7.53. The highest BCUT2D eigenvalue weighted by atomic mass is 79.9. The van der Waals surface area contributed by atoms with E-state index in [1.165, 1.54) is 6.92 Å². The number of carboxylic acid groups (broad SMARTS) is 2. The largest absolute Gasteiger partial charge is 0.481 e. The summed E-state index contributed by atoms with van der Waals surface area (Å²) in [6.07, 6.45) is 3.46. The zero-order valence-electron chi connectivity index (χ0n) is 12.1. The van der Waals surface area contributed by atoms with Crippen LogP contribution in [-0.4, -0.2) is 31.5 Å². The van der Waals surface area contributed by atoms with Gasteiger partial charge in [-0.3, -0.25) is 4.79 Å². The molecular weight excluding hydrogens is 338 g/mol. The highest BCUT2D eigenvalue weighted by molar-refractivity contribution is 9.09. The highest BCUT2D eigenvalue weighted by Crippen LogP contribution is 2.47. The minimum atomic E-state index is -1.36. The van der Waals surface area contributed by atoms with Gasteiger partial charge >= 0.3 is 11.9 Å². The summed E-state index contributed by atoms with van der Waals surface area (Å²) in [5.41, 5.74) is -1.07. The Kier molecular flexibility index (Phi) is 3.78. The van der Waals surface area contributed by atoms with Gasteiger partial charge in [-0.25, -0.2) is 4.79 Å². The van der Waals surface area contributed by atoms with E-state index >= 15 is 0 Å². The van der Waals surface area contributed by atoms with E-state index < -0.39 is 27.7 Å². The van der Waals surface area contributed by atoms with Gasteiger partial charge in [-0.05, 0) is 32.9 Å². The van der Waals surface area contributed by atoms with E-state index in [1.807, 2.05) is 26.0 Å². The van der Waals surface area contributed by atoms with Crippen molar-refractivity contribution in [1.29, 1.82) is 0 Å². The van der Waals surface area contributed by atoms with E-state index in [2.05, 4.69) is 15.9 Å². The molecule has 114 valence electrons. The average molecular weight is 356 g/mol. The van der Waals surface area contributed by atoms with E-state index in [0.29, 0.717) is 0 Å². The molecule has 0 fully saturated rings. The van der Waals surface area contributed by atoms with E-state index in [9.17, 15) is 19.8 Å². The van der Waals surface area contributed by atoms with Crippen LogP contribution in [0.3, 0.4) is 0 Å². The molecule has 2 N–H and O–H groups in total. The summed E-state index contributed by atoms with van der Waals surface area (Å²) in [6.45, 7) is 5.19. The lowest BCUT2D eigenvalue weighted by Crippen LogP contribution is -2.58. The molecule has 3 unspecified atom stereocenters. The Labute approximate surface area is 131 Å². The number of allylic oxidation sites excluding steroid dienone is 1. The minimum Gasteiger partial charge on any atom is -0.481 e. The van der Waals surface area contributed by atoms with Crippen LogP contribution in [0.15, 0.2) is 24.3 Å². The summed E-state index contributed by atoms with van der Waals surface area (Å²) in [4.78, 5) is 23.0. The molecule has 0 radical (unpaired) electrons. The van der Waals surface area contributed by atoms with Crippen molar-refractivity contribution in [2.24, 2.45) is 5.41 Å². The van der Waals surface area contributed by atoms with Crippen molar-refractivity contribution < 1.29 is 19.8 Å². The lowest BCUT2D eigenvalue weighted by atomic mass is 9.70. The molecule has 6 heteroatoms. The molecule has 3 atom stereocenters. The predicted octanol–water partition coefficient (Wildman–Crippen LogP) is 2.70. The van der Waals surface area contributed by atoms with Gasteiger partial charge < -0.3 is 14.8 Å². The molecule has 0 saturated heterocycles. The number of hydrogen-bond donors (Lipinski definition) is 2. The van der Waals surface area contributed by atoms with Crippen LogP contribution >= 0.6 is 15.9 Å². The fraction of sp³-hybridized carbons (Fsp3) is 0.467. The van der Waals surface area contributed by atoms with Crippen LogP contribution < -0.4 is 0 Å². The number of carboxylic acids is 2. The summed E-state index contributed by atoms with van der Waals surface area (Å²) in [5.74, 6) is -2.09. The zero-order valence-corrected chi connectivity index (χ0v) is 13.7. The molecule has 2 rings (SSSR count). The lowest BCUT2D eigenvalue weighted by molar-refractivity contribution is -0.153. The van der Waals surface area contributed by atoms with E-state index in [0.717, 1.165) is 11.4 Å². The van der Waals surface area contributed by atoms with Gasteiger partial charge in [0.15, 0.2) is 5.54 Å². The number of halogens is 1. The van der Waals surface area contributed by atoms with Crippen molar-refractivity contribution in [2.45, 2.75) is 37.6 Å². The van der Waals surface area contributed by atoms with Crippen molar-refractivity contribution in [3.8, 4) is 0 Å². The Balaban J connectivity index is 2.74. The van der Waals surface area contributed by atoms with Crippen LogP contribution in [0.25, 0.3) is 0 Å². The Hall–Kier alpha value is -1.56. The Bertz CT molecular complexity index is 616. The molecule has 1 aliphatic rings. The smallest absolute Gasteiger partial charge is 0.331 e. The van der Waals surface area contributed by atoms with Crippen molar-refractivity contribution in [2.75, 3.05) is 0 Å².